The normalized spacial score (nSPS) is 10.2. The van der Waals surface area contributed by atoms with Crippen LogP contribution in [0, 0.1) is 13.8 Å². The van der Waals surface area contributed by atoms with Crippen LogP contribution in [0.25, 0.3) is 0 Å². The molecular formula is C13H20N2O. The van der Waals surface area contributed by atoms with Gasteiger partial charge in [-0.05, 0) is 25.5 Å². The van der Waals surface area contributed by atoms with E-state index in [1.807, 2.05) is 32.9 Å². The van der Waals surface area contributed by atoms with Crippen molar-refractivity contribution in [3.8, 4) is 0 Å². The summed E-state index contributed by atoms with van der Waals surface area (Å²) < 4.78 is 0. The second kappa shape index (κ2) is 5.66. The van der Waals surface area contributed by atoms with E-state index < -0.39 is 0 Å². The first-order valence-electron chi connectivity index (χ1n) is 5.67. The molecule has 3 nitrogen and oxygen atoms in total. The average Bonchev–Trinajstić information content (AvgIpc) is 2.26. The van der Waals surface area contributed by atoms with E-state index in [1.165, 1.54) is 5.56 Å². The predicted octanol–water partition coefficient (Wildman–Crippen LogP) is 2.01. The molecular weight excluding hydrogens is 200 g/mol. The molecule has 0 bridgehead atoms. The summed E-state index contributed by atoms with van der Waals surface area (Å²) in [5.41, 5.74) is 8.85. The molecule has 0 heterocycles. The largest absolute Gasteiger partial charge is 0.329 e. The second-order valence-corrected chi connectivity index (χ2v) is 3.98. The third-order valence-electron chi connectivity index (χ3n) is 2.60. The van der Waals surface area contributed by atoms with Gasteiger partial charge in [0.15, 0.2) is 0 Å². The summed E-state index contributed by atoms with van der Waals surface area (Å²) >= 11 is 0. The predicted molar refractivity (Wildman–Crippen MR) is 67.6 cm³/mol. The number of aryl methyl sites for hydroxylation is 2. The Balaban J connectivity index is 3.05. The lowest BCUT2D eigenvalue weighted by molar-refractivity contribution is -0.118. The van der Waals surface area contributed by atoms with Crippen LogP contribution in [0.1, 0.15) is 24.5 Å². The zero-order valence-corrected chi connectivity index (χ0v) is 10.3. The molecule has 0 fully saturated rings. The maximum Gasteiger partial charge on any atom is 0.226 e. The number of nitrogens with zero attached hydrogens (tertiary/aromatic N) is 1. The van der Waals surface area contributed by atoms with Gasteiger partial charge in [-0.1, -0.05) is 24.6 Å². The van der Waals surface area contributed by atoms with E-state index >= 15 is 0 Å². The molecule has 0 unspecified atom stereocenters. The summed E-state index contributed by atoms with van der Waals surface area (Å²) in [4.78, 5) is 13.6. The van der Waals surface area contributed by atoms with Crippen LogP contribution >= 0.6 is 0 Å². The molecule has 88 valence electrons. The van der Waals surface area contributed by atoms with Crippen molar-refractivity contribution < 1.29 is 4.79 Å². The minimum atomic E-state index is 0.123. The Bertz CT molecular complexity index is 374. The van der Waals surface area contributed by atoms with E-state index in [1.54, 1.807) is 4.90 Å². The zero-order chi connectivity index (χ0) is 12.1. The molecule has 0 aliphatic carbocycles. The number of carbonyl (C=O) groups is 1. The zero-order valence-electron chi connectivity index (χ0n) is 10.3. The van der Waals surface area contributed by atoms with Crippen LogP contribution in [0.3, 0.4) is 0 Å². The molecule has 1 amide bonds. The van der Waals surface area contributed by atoms with E-state index in [0.717, 1.165) is 11.3 Å². The number of carbonyl (C=O) groups excluding carboxylic acids is 1. The molecule has 16 heavy (non-hydrogen) atoms. The van der Waals surface area contributed by atoms with Crippen molar-refractivity contribution in [2.45, 2.75) is 27.2 Å². The highest BCUT2D eigenvalue weighted by molar-refractivity contribution is 5.93. The first-order valence-corrected chi connectivity index (χ1v) is 5.67. The topological polar surface area (TPSA) is 46.3 Å². The Morgan fingerprint density at radius 2 is 2.06 bits per heavy atom. The van der Waals surface area contributed by atoms with Crippen molar-refractivity contribution in [3.63, 3.8) is 0 Å². The van der Waals surface area contributed by atoms with Gasteiger partial charge in [-0.3, -0.25) is 4.79 Å². The number of hydrogen-bond acceptors (Lipinski definition) is 2. The molecule has 0 saturated heterocycles. The maximum atomic E-state index is 11.8. The van der Waals surface area contributed by atoms with Gasteiger partial charge in [0.25, 0.3) is 0 Å². The SMILES string of the molecule is CCC(=O)N(CCN)c1ccc(C)cc1C. The van der Waals surface area contributed by atoms with E-state index in [0.29, 0.717) is 19.5 Å². The van der Waals surface area contributed by atoms with Crippen LogP contribution in [0.2, 0.25) is 0 Å². The second-order valence-electron chi connectivity index (χ2n) is 3.98. The molecule has 0 spiro atoms. The summed E-state index contributed by atoms with van der Waals surface area (Å²) in [6.45, 7) is 7.01. The third kappa shape index (κ3) is 2.83. The van der Waals surface area contributed by atoms with Gasteiger partial charge in [0.05, 0.1) is 0 Å². The summed E-state index contributed by atoms with van der Waals surface area (Å²) in [7, 11) is 0. The lowest BCUT2D eigenvalue weighted by Crippen LogP contribution is -2.35. The highest BCUT2D eigenvalue weighted by Crippen LogP contribution is 2.21. The van der Waals surface area contributed by atoms with Crippen molar-refractivity contribution in [2.24, 2.45) is 5.73 Å². The van der Waals surface area contributed by atoms with E-state index in [4.69, 9.17) is 5.73 Å². The molecule has 0 aromatic heterocycles. The first-order chi connectivity index (χ1) is 7.60. The van der Waals surface area contributed by atoms with Gasteiger partial charge in [-0.25, -0.2) is 0 Å². The number of amides is 1. The monoisotopic (exact) mass is 220 g/mol. The number of benzene rings is 1. The average molecular weight is 220 g/mol. The first kappa shape index (κ1) is 12.7. The van der Waals surface area contributed by atoms with Crippen LogP contribution < -0.4 is 10.6 Å². The van der Waals surface area contributed by atoms with Crippen molar-refractivity contribution in [1.29, 1.82) is 0 Å². The standard InChI is InChI=1S/C13H20N2O/c1-4-13(16)15(8-7-14)12-6-5-10(2)9-11(12)3/h5-6,9H,4,7-8,14H2,1-3H3. The van der Waals surface area contributed by atoms with Crippen molar-refractivity contribution >= 4 is 11.6 Å². The molecule has 1 rings (SSSR count). The minimum absolute atomic E-state index is 0.123. The fraction of sp³-hybridized carbons (Fsp3) is 0.462. The van der Waals surface area contributed by atoms with Crippen LogP contribution in [-0.2, 0) is 4.79 Å². The molecule has 0 aliphatic rings. The van der Waals surface area contributed by atoms with Gasteiger partial charge in [0.1, 0.15) is 0 Å². The molecule has 0 radical (unpaired) electrons. The molecule has 2 N–H and O–H groups in total. The van der Waals surface area contributed by atoms with Crippen molar-refractivity contribution in [3.05, 3.63) is 29.3 Å². The number of rotatable bonds is 4. The Kier molecular flexibility index (Phi) is 4.50. The van der Waals surface area contributed by atoms with Gasteiger partial charge in [-0.15, -0.1) is 0 Å². The van der Waals surface area contributed by atoms with Crippen molar-refractivity contribution in [2.75, 3.05) is 18.0 Å². The van der Waals surface area contributed by atoms with Crippen LogP contribution in [0.4, 0.5) is 5.69 Å². The van der Waals surface area contributed by atoms with Crippen molar-refractivity contribution in [1.82, 2.24) is 0 Å². The van der Waals surface area contributed by atoms with E-state index in [2.05, 4.69) is 6.07 Å². The lowest BCUT2D eigenvalue weighted by atomic mass is 10.1. The fourth-order valence-corrected chi connectivity index (χ4v) is 1.81. The highest BCUT2D eigenvalue weighted by Gasteiger charge is 2.14. The lowest BCUT2D eigenvalue weighted by Gasteiger charge is -2.23. The fourth-order valence-electron chi connectivity index (χ4n) is 1.81. The van der Waals surface area contributed by atoms with Gasteiger partial charge in [0.2, 0.25) is 5.91 Å². The van der Waals surface area contributed by atoms with Crippen LogP contribution in [0.15, 0.2) is 18.2 Å². The summed E-state index contributed by atoms with van der Waals surface area (Å²) in [6, 6.07) is 6.10. The summed E-state index contributed by atoms with van der Waals surface area (Å²) in [5, 5.41) is 0. The minimum Gasteiger partial charge on any atom is -0.329 e. The Hall–Kier alpha value is -1.35. The van der Waals surface area contributed by atoms with Crippen LogP contribution in [-0.4, -0.2) is 19.0 Å². The molecule has 1 aromatic rings. The van der Waals surface area contributed by atoms with E-state index in [9.17, 15) is 4.79 Å². The Labute approximate surface area is 97.2 Å². The van der Waals surface area contributed by atoms with Gasteiger partial charge < -0.3 is 10.6 Å². The molecule has 3 heteroatoms. The summed E-state index contributed by atoms with van der Waals surface area (Å²) in [6.07, 6.45) is 0.507. The molecule has 0 atom stereocenters. The van der Waals surface area contributed by atoms with E-state index in [-0.39, 0.29) is 5.91 Å². The Morgan fingerprint density at radius 3 is 2.56 bits per heavy atom. The molecule has 0 aliphatic heterocycles. The number of nitrogens with two attached hydrogens (primary N) is 1. The summed E-state index contributed by atoms with van der Waals surface area (Å²) in [5.74, 6) is 0.123. The Morgan fingerprint density at radius 1 is 1.38 bits per heavy atom. The molecule has 1 aromatic carbocycles. The van der Waals surface area contributed by atoms with Gasteiger partial charge >= 0.3 is 0 Å². The highest BCUT2D eigenvalue weighted by atomic mass is 16.2. The smallest absolute Gasteiger partial charge is 0.226 e. The number of hydrogen-bond donors (Lipinski definition) is 1. The molecule has 0 saturated carbocycles. The van der Waals surface area contributed by atoms with Crippen LogP contribution in [0.5, 0.6) is 0 Å². The maximum absolute atomic E-state index is 11.8. The third-order valence-corrected chi connectivity index (χ3v) is 2.60. The quantitative estimate of drug-likeness (QED) is 0.843. The number of anilines is 1. The van der Waals surface area contributed by atoms with Gasteiger partial charge in [-0.2, -0.15) is 0 Å². The van der Waals surface area contributed by atoms with Gasteiger partial charge in [0, 0.05) is 25.2 Å².